The molecule has 0 amide bonds. The van der Waals surface area contributed by atoms with E-state index in [4.69, 9.17) is 5.11 Å². The highest BCUT2D eigenvalue weighted by Crippen LogP contribution is 2.22. The fourth-order valence-electron chi connectivity index (χ4n) is 1.72. The summed E-state index contributed by atoms with van der Waals surface area (Å²) in [5.74, 6) is -1.51. The maximum absolute atomic E-state index is 12.3. The highest BCUT2D eigenvalue weighted by atomic mass is 32.2. The van der Waals surface area contributed by atoms with Crippen LogP contribution in [0.5, 0.6) is 0 Å². The number of carboxylic acids is 1. The molecular weight excluding hydrogens is 296 g/mol. The zero-order valence-corrected chi connectivity index (χ0v) is 12.0. The number of fused-ring (bicyclic) bond motifs is 1. The minimum absolute atomic E-state index is 0.00332. The fourth-order valence-corrected chi connectivity index (χ4v) is 3.08. The summed E-state index contributed by atoms with van der Waals surface area (Å²) in [6, 6.07) is 6.24. The molecule has 0 radical (unpaired) electrons. The Bertz CT molecular complexity index is 781. The normalized spacial score (nSPS) is 14.8. The summed E-state index contributed by atoms with van der Waals surface area (Å²) in [6.07, 6.45) is 3.00. The van der Waals surface area contributed by atoms with Crippen molar-refractivity contribution in [2.75, 3.05) is 6.54 Å². The van der Waals surface area contributed by atoms with Gasteiger partial charge in [-0.2, -0.15) is 0 Å². The Morgan fingerprint density at radius 2 is 2.10 bits per heavy atom. The summed E-state index contributed by atoms with van der Waals surface area (Å²) in [5.41, 5.74) is -2.18. The zero-order chi connectivity index (χ0) is 15.7. The van der Waals surface area contributed by atoms with Gasteiger partial charge in [-0.3, -0.25) is 4.98 Å². The van der Waals surface area contributed by atoms with Crippen LogP contribution in [0.25, 0.3) is 10.8 Å². The predicted octanol–water partition coefficient (Wildman–Crippen LogP) is 0.349. The van der Waals surface area contributed by atoms with Crippen molar-refractivity contribution in [1.29, 1.82) is 0 Å². The number of nitrogens with zero attached hydrogens (tertiary/aromatic N) is 1. The number of sulfonamides is 1. The summed E-state index contributed by atoms with van der Waals surface area (Å²) in [6.45, 7) is 0.386. The molecular formula is C13H14N2O5S. The highest BCUT2D eigenvalue weighted by Gasteiger charge is 2.32. The van der Waals surface area contributed by atoms with Crippen LogP contribution in [0.1, 0.15) is 6.92 Å². The Morgan fingerprint density at radius 3 is 2.76 bits per heavy atom. The molecule has 3 N–H and O–H groups in total. The molecule has 1 aromatic carbocycles. The second-order valence-electron chi connectivity index (χ2n) is 4.76. The third-order valence-electron chi connectivity index (χ3n) is 3.00. The number of benzene rings is 1. The summed E-state index contributed by atoms with van der Waals surface area (Å²) >= 11 is 0. The number of carbonyl (C=O) groups is 1. The van der Waals surface area contributed by atoms with Crippen molar-refractivity contribution in [2.45, 2.75) is 17.4 Å². The molecule has 0 fully saturated rings. The first-order valence-electron chi connectivity index (χ1n) is 6.02. The molecule has 0 aliphatic rings. The third-order valence-corrected chi connectivity index (χ3v) is 4.46. The van der Waals surface area contributed by atoms with E-state index in [9.17, 15) is 18.3 Å². The maximum Gasteiger partial charge on any atom is 0.336 e. The molecule has 112 valence electrons. The molecule has 2 rings (SSSR count). The average molecular weight is 310 g/mol. The van der Waals surface area contributed by atoms with E-state index in [-0.39, 0.29) is 4.90 Å². The summed E-state index contributed by atoms with van der Waals surface area (Å²) in [4.78, 5) is 14.7. The third kappa shape index (κ3) is 3.18. The zero-order valence-electron chi connectivity index (χ0n) is 11.1. The first kappa shape index (κ1) is 15.4. The monoisotopic (exact) mass is 310 g/mol. The van der Waals surface area contributed by atoms with Crippen molar-refractivity contribution >= 4 is 26.8 Å². The summed E-state index contributed by atoms with van der Waals surface area (Å²) in [5, 5.41) is 19.5. The number of aliphatic carboxylic acids is 1. The number of nitrogens with one attached hydrogen (secondary N) is 1. The lowest BCUT2D eigenvalue weighted by atomic mass is 10.1. The topological polar surface area (TPSA) is 117 Å². The molecule has 0 spiro atoms. The van der Waals surface area contributed by atoms with Crippen LogP contribution in [0, 0.1) is 0 Å². The first-order chi connectivity index (χ1) is 9.74. The SMILES string of the molecule is CC(O)(CNS(=O)(=O)c1cccc2cnccc12)C(=O)O. The number of pyridine rings is 1. The Kier molecular flexibility index (Phi) is 3.95. The van der Waals surface area contributed by atoms with Gasteiger partial charge in [0.1, 0.15) is 0 Å². The number of aromatic nitrogens is 1. The van der Waals surface area contributed by atoms with Crippen LogP contribution >= 0.6 is 0 Å². The molecule has 7 nitrogen and oxygen atoms in total. The van der Waals surface area contributed by atoms with Gasteiger partial charge in [0.05, 0.1) is 11.4 Å². The molecule has 1 aromatic heterocycles. The van der Waals surface area contributed by atoms with Gasteiger partial charge >= 0.3 is 5.97 Å². The van der Waals surface area contributed by atoms with Crippen molar-refractivity contribution in [1.82, 2.24) is 9.71 Å². The van der Waals surface area contributed by atoms with E-state index in [0.29, 0.717) is 10.8 Å². The molecule has 2 aromatic rings. The lowest BCUT2D eigenvalue weighted by Crippen LogP contribution is -2.46. The van der Waals surface area contributed by atoms with Gasteiger partial charge in [0.2, 0.25) is 10.0 Å². The van der Waals surface area contributed by atoms with Crippen LogP contribution in [0.3, 0.4) is 0 Å². The largest absolute Gasteiger partial charge is 0.479 e. The van der Waals surface area contributed by atoms with E-state index >= 15 is 0 Å². The average Bonchev–Trinajstić information content (AvgIpc) is 2.44. The Hall–Kier alpha value is -2.03. The van der Waals surface area contributed by atoms with Gasteiger partial charge in [0, 0.05) is 23.2 Å². The second kappa shape index (κ2) is 5.40. The van der Waals surface area contributed by atoms with Crippen molar-refractivity contribution in [3.8, 4) is 0 Å². The van der Waals surface area contributed by atoms with Crippen LogP contribution in [0.4, 0.5) is 0 Å². The molecule has 0 saturated carbocycles. The quantitative estimate of drug-likeness (QED) is 0.733. The highest BCUT2D eigenvalue weighted by molar-refractivity contribution is 7.89. The minimum Gasteiger partial charge on any atom is -0.479 e. The molecule has 0 aliphatic heterocycles. The van der Waals surface area contributed by atoms with E-state index in [1.165, 1.54) is 18.5 Å². The van der Waals surface area contributed by atoms with E-state index in [1.807, 2.05) is 0 Å². The first-order valence-corrected chi connectivity index (χ1v) is 7.50. The van der Waals surface area contributed by atoms with Gasteiger partial charge in [0.15, 0.2) is 5.60 Å². The van der Waals surface area contributed by atoms with E-state index < -0.39 is 28.1 Å². The van der Waals surface area contributed by atoms with Crippen molar-refractivity contribution in [2.24, 2.45) is 0 Å². The van der Waals surface area contributed by atoms with Crippen LogP contribution in [-0.2, 0) is 14.8 Å². The van der Waals surface area contributed by atoms with E-state index in [1.54, 1.807) is 18.2 Å². The standard InChI is InChI=1S/C13H14N2O5S/c1-13(18,12(16)17)8-15-21(19,20)11-4-2-3-9-7-14-6-5-10(9)11/h2-7,15,18H,8H2,1H3,(H,16,17). The van der Waals surface area contributed by atoms with Crippen LogP contribution in [-0.4, -0.2) is 41.7 Å². The van der Waals surface area contributed by atoms with Crippen LogP contribution in [0.15, 0.2) is 41.6 Å². The molecule has 0 saturated heterocycles. The van der Waals surface area contributed by atoms with Crippen molar-refractivity contribution < 1.29 is 23.4 Å². The second-order valence-corrected chi connectivity index (χ2v) is 6.49. The van der Waals surface area contributed by atoms with Crippen molar-refractivity contribution in [3.63, 3.8) is 0 Å². The number of hydrogen-bond acceptors (Lipinski definition) is 5. The van der Waals surface area contributed by atoms with Gasteiger partial charge in [-0.1, -0.05) is 12.1 Å². The molecule has 1 unspecified atom stereocenters. The van der Waals surface area contributed by atoms with Gasteiger partial charge in [-0.15, -0.1) is 0 Å². The number of rotatable bonds is 5. The predicted molar refractivity (Wildman–Crippen MR) is 75.2 cm³/mol. The van der Waals surface area contributed by atoms with Crippen molar-refractivity contribution in [3.05, 3.63) is 36.7 Å². The molecule has 1 atom stereocenters. The Labute approximate surface area is 121 Å². The molecule has 21 heavy (non-hydrogen) atoms. The lowest BCUT2D eigenvalue weighted by molar-refractivity contribution is -0.155. The van der Waals surface area contributed by atoms with Gasteiger partial charge in [-0.25, -0.2) is 17.9 Å². The maximum atomic E-state index is 12.3. The molecule has 0 bridgehead atoms. The van der Waals surface area contributed by atoms with E-state index in [2.05, 4.69) is 9.71 Å². The summed E-state index contributed by atoms with van der Waals surface area (Å²) in [7, 11) is -3.95. The Morgan fingerprint density at radius 1 is 1.38 bits per heavy atom. The molecule has 0 aliphatic carbocycles. The lowest BCUT2D eigenvalue weighted by Gasteiger charge is -2.18. The van der Waals surface area contributed by atoms with Gasteiger partial charge in [-0.05, 0) is 19.1 Å². The van der Waals surface area contributed by atoms with E-state index in [0.717, 1.165) is 6.92 Å². The number of aliphatic hydroxyl groups is 1. The summed E-state index contributed by atoms with van der Waals surface area (Å²) < 4.78 is 26.7. The number of carboxylic acid groups (broad SMARTS) is 1. The molecule has 8 heteroatoms. The number of hydrogen-bond donors (Lipinski definition) is 3. The van der Waals surface area contributed by atoms with Gasteiger partial charge in [0.25, 0.3) is 0 Å². The van der Waals surface area contributed by atoms with Crippen LogP contribution < -0.4 is 4.72 Å². The van der Waals surface area contributed by atoms with Crippen LogP contribution in [0.2, 0.25) is 0 Å². The fraction of sp³-hybridized carbons (Fsp3) is 0.231. The Balaban J connectivity index is 2.37. The molecule has 1 heterocycles. The smallest absolute Gasteiger partial charge is 0.336 e. The minimum atomic E-state index is -3.95. The van der Waals surface area contributed by atoms with Gasteiger partial charge < -0.3 is 10.2 Å².